The van der Waals surface area contributed by atoms with Crippen molar-refractivity contribution in [3.8, 4) is 0 Å². The number of anilines is 2. The molecule has 2 atom stereocenters. The molecular weight excluding hydrogens is 387 g/mol. The number of rotatable bonds is 8. The van der Waals surface area contributed by atoms with Crippen LogP contribution in [0.4, 0.5) is 11.4 Å². The van der Waals surface area contributed by atoms with Crippen molar-refractivity contribution in [3.63, 3.8) is 0 Å². The van der Waals surface area contributed by atoms with Crippen LogP contribution in [0.5, 0.6) is 0 Å². The zero-order chi connectivity index (χ0) is 18.2. The maximum Gasteiger partial charge on any atom is 0.226 e. The van der Waals surface area contributed by atoms with Crippen LogP contribution >= 0.6 is 24.8 Å². The molecular formula is C19H32Cl2N4O2. The van der Waals surface area contributed by atoms with E-state index in [4.69, 9.17) is 0 Å². The number of carbonyl (C=O) groups is 2. The van der Waals surface area contributed by atoms with Gasteiger partial charge >= 0.3 is 0 Å². The predicted octanol–water partition coefficient (Wildman–Crippen LogP) is 2.82. The Morgan fingerprint density at radius 3 is 2.44 bits per heavy atom. The molecule has 154 valence electrons. The van der Waals surface area contributed by atoms with Crippen LogP contribution in [-0.2, 0) is 9.59 Å². The third-order valence-corrected chi connectivity index (χ3v) is 4.44. The fraction of sp³-hybridized carbons (Fsp3) is 0.579. The van der Waals surface area contributed by atoms with Gasteiger partial charge in [0.1, 0.15) is 0 Å². The Hall–Kier alpha value is -1.50. The molecule has 0 aromatic heterocycles. The first-order valence-corrected chi connectivity index (χ1v) is 9.09. The van der Waals surface area contributed by atoms with E-state index in [2.05, 4.69) is 26.9 Å². The van der Waals surface area contributed by atoms with Crippen molar-refractivity contribution in [1.29, 1.82) is 0 Å². The minimum Gasteiger partial charge on any atom is -0.371 e. The van der Waals surface area contributed by atoms with Gasteiger partial charge in [-0.05, 0) is 45.0 Å². The summed E-state index contributed by atoms with van der Waals surface area (Å²) in [6.07, 6.45) is 2.70. The van der Waals surface area contributed by atoms with Gasteiger partial charge in [0.05, 0.1) is 0 Å². The first kappa shape index (κ1) is 25.5. The van der Waals surface area contributed by atoms with Crippen LogP contribution in [0.2, 0.25) is 0 Å². The molecule has 1 aliphatic heterocycles. The third kappa shape index (κ3) is 8.37. The van der Waals surface area contributed by atoms with E-state index < -0.39 is 0 Å². The van der Waals surface area contributed by atoms with Gasteiger partial charge in [-0.1, -0.05) is 13.0 Å². The standard InChI is InChI=1S/C19H30N4O2.2ClH/c1-14(13-20-3)19(25)21-15(2)11-18(24)22-16-7-6-8-17(12-16)23-9-4-5-10-23;;/h6-8,12,14-15,20H,4-5,9-11,13H2,1-3H3,(H,21,25)(H,22,24);2*1H. The molecule has 1 heterocycles. The maximum atomic E-state index is 12.2. The number of amides is 2. The number of nitrogens with one attached hydrogen (secondary N) is 3. The number of carbonyl (C=O) groups excluding carboxylic acids is 2. The first-order valence-electron chi connectivity index (χ1n) is 9.09. The third-order valence-electron chi connectivity index (χ3n) is 4.44. The van der Waals surface area contributed by atoms with Crippen LogP contribution < -0.4 is 20.9 Å². The molecule has 1 saturated heterocycles. The molecule has 1 fully saturated rings. The normalized spacial score (nSPS) is 15.1. The van der Waals surface area contributed by atoms with Gasteiger partial charge in [-0.2, -0.15) is 0 Å². The number of halogens is 2. The van der Waals surface area contributed by atoms with Crippen molar-refractivity contribution >= 4 is 48.0 Å². The van der Waals surface area contributed by atoms with Crippen molar-refractivity contribution in [3.05, 3.63) is 24.3 Å². The first-order chi connectivity index (χ1) is 12.0. The summed E-state index contributed by atoms with van der Waals surface area (Å²) in [4.78, 5) is 26.6. The van der Waals surface area contributed by atoms with Gasteiger partial charge in [-0.15, -0.1) is 24.8 Å². The molecule has 1 aliphatic rings. The summed E-state index contributed by atoms with van der Waals surface area (Å²) < 4.78 is 0. The van der Waals surface area contributed by atoms with E-state index in [1.165, 1.54) is 12.8 Å². The smallest absolute Gasteiger partial charge is 0.226 e. The summed E-state index contributed by atoms with van der Waals surface area (Å²) in [6.45, 7) is 6.48. The maximum absolute atomic E-state index is 12.2. The van der Waals surface area contributed by atoms with E-state index in [0.717, 1.165) is 24.5 Å². The van der Waals surface area contributed by atoms with Gasteiger partial charge in [0.2, 0.25) is 11.8 Å². The molecule has 2 rings (SSSR count). The quantitative estimate of drug-likeness (QED) is 0.606. The lowest BCUT2D eigenvalue weighted by Crippen LogP contribution is -2.40. The second kappa shape index (κ2) is 12.8. The molecule has 0 bridgehead atoms. The van der Waals surface area contributed by atoms with Crippen LogP contribution in [0.1, 0.15) is 33.1 Å². The summed E-state index contributed by atoms with van der Waals surface area (Å²) in [6, 6.07) is 7.76. The van der Waals surface area contributed by atoms with Gasteiger partial charge < -0.3 is 20.9 Å². The summed E-state index contributed by atoms with van der Waals surface area (Å²) in [5.74, 6) is -0.244. The van der Waals surface area contributed by atoms with E-state index in [0.29, 0.717) is 6.54 Å². The van der Waals surface area contributed by atoms with Crippen molar-refractivity contribution < 1.29 is 9.59 Å². The molecule has 1 aromatic rings. The Kier molecular flexibility index (Phi) is 12.1. The average molecular weight is 419 g/mol. The van der Waals surface area contributed by atoms with Gasteiger partial charge in [0.15, 0.2) is 0 Å². The molecule has 6 nitrogen and oxygen atoms in total. The zero-order valence-corrected chi connectivity index (χ0v) is 17.9. The fourth-order valence-electron chi connectivity index (χ4n) is 3.08. The van der Waals surface area contributed by atoms with Crippen molar-refractivity contribution in [2.24, 2.45) is 5.92 Å². The molecule has 2 amide bonds. The number of hydrogen-bond acceptors (Lipinski definition) is 4. The molecule has 3 N–H and O–H groups in total. The molecule has 1 aromatic carbocycles. The molecule has 27 heavy (non-hydrogen) atoms. The highest BCUT2D eigenvalue weighted by molar-refractivity contribution is 5.92. The van der Waals surface area contributed by atoms with Gasteiger partial charge in [0, 0.05) is 49.4 Å². The topological polar surface area (TPSA) is 73.5 Å². The number of benzene rings is 1. The largest absolute Gasteiger partial charge is 0.371 e. The Morgan fingerprint density at radius 1 is 1.15 bits per heavy atom. The Labute approximate surface area is 174 Å². The van der Waals surface area contributed by atoms with E-state index in [-0.39, 0.29) is 55.0 Å². The Morgan fingerprint density at radius 2 is 1.81 bits per heavy atom. The van der Waals surface area contributed by atoms with Crippen molar-refractivity contribution in [2.45, 2.75) is 39.2 Å². The van der Waals surface area contributed by atoms with E-state index in [1.54, 1.807) is 0 Å². The highest BCUT2D eigenvalue weighted by Gasteiger charge is 2.17. The van der Waals surface area contributed by atoms with Crippen LogP contribution in [0.3, 0.4) is 0 Å². The van der Waals surface area contributed by atoms with Gasteiger partial charge in [-0.3, -0.25) is 9.59 Å². The van der Waals surface area contributed by atoms with Gasteiger partial charge in [0.25, 0.3) is 0 Å². The SMILES string of the molecule is CNCC(C)C(=O)NC(C)CC(=O)Nc1cccc(N2CCCC2)c1.Cl.Cl. The van der Waals surface area contributed by atoms with E-state index in [1.807, 2.05) is 39.1 Å². The summed E-state index contributed by atoms with van der Waals surface area (Å²) >= 11 is 0. The number of hydrogen-bond donors (Lipinski definition) is 3. The lowest BCUT2D eigenvalue weighted by molar-refractivity contribution is -0.125. The second-order valence-electron chi connectivity index (χ2n) is 6.87. The Balaban J connectivity index is 0.00000338. The lowest BCUT2D eigenvalue weighted by atomic mass is 10.1. The van der Waals surface area contributed by atoms with Crippen LogP contribution in [0.15, 0.2) is 24.3 Å². The van der Waals surface area contributed by atoms with E-state index in [9.17, 15) is 9.59 Å². The summed E-state index contributed by atoms with van der Waals surface area (Å²) in [5.41, 5.74) is 1.95. The molecule has 0 saturated carbocycles. The van der Waals surface area contributed by atoms with Crippen LogP contribution in [0, 0.1) is 5.92 Å². The minimum absolute atomic E-state index is 0. The summed E-state index contributed by atoms with van der Waals surface area (Å²) in [7, 11) is 1.82. The average Bonchev–Trinajstić information content (AvgIpc) is 3.09. The highest BCUT2D eigenvalue weighted by atomic mass is 35.5. The highest BCUT2D eigenvalue weighted by Crippen LogP contribution is 2.23. The molecule has 0 spiro atoms. The fourth-order valence-corrected chi connectivity index (χ4v) is 3.08. The number of nitrogens with zero attached hydrogens (tertiary/aromatic N) is 1. The lowest BCUT2D eigenvalue weighted by Gasteiger charge is -2.19. The molecule has 8 heteroatoms. The van der Waals surface area contributed by atoms with Crippen molar-refractivity contribution in [2.75, 3.05) is 36.9 Å². The molecule has 2 unspecified atom stereocenters. The minimum atomic E-state index is -0.200. The second-order valence-corrected chi connectivity index (χ2v) is 6.87. The van der Waals surface area contributed by atoms with E-state index >= 15 is 0 Å². The summed E-state index contributed by atoms with van der Waals surface area (Å²) in [5, 5.41) is 8.80. The van der Waals surface area contributed by atoms with Crippen molar-refractivity contribution in [1.82, 2.24) is 10.6 Å². The predicted molar refractivity (Wildman–Crippen MR) is 116 cm³/mol. The monoisotopic (exact) mass is 418 g/mol. The van der Waals surface area contributed by atoms with Crippen LogP contribution in [-0.4, -0.2) is 44.5 Å². The van der Waals surface area contributed by atoms with Gasteiger partial charge in [-0.25, -0.2) is 0 Å². The molecule has 0 aliphatic carbocycles. The van der Waals surface area contributed by atoms with Crippen LogP contribution in [0.25, 0.3) is 0 Å². The Bertz CT molecular complexity index is 595. The zero-order valence-electron chi connectivity index (χ0n) is 16.3. The molecule has 0 radical (unpaired) electrons.